The highest BCUT2D eigenvalue weighted by atomic mass is 35.5. The number of rotatable bonds is 9. The molecule has 2 aromatic heterocycles. The molecule has 0 aliphatic carbocycles. The fourth-order valence-corrected chi connectivity index (χ4v) is 4.89. The lowest BCUT2D eigenvalue weighted by molar-refractivity contribution is -0.122. The Labute approximate surface area is 211 Å². The highest BCUT2D eigenvalue weighted by Crippen LogP contribution is 2.34. The van der Waals surface area contributed by atoms with Gasteiger partial charge in [-0.15, -0.1) is 0 Å². The number of aromatic nitrogens is 2. The maximum absolute atomic E-state index is 13.3. The molecule has 0 atom stereocenters. The minimum Gasteiger partial charge on any atom is -0.382 e. The molecule has 7 nitrogen and oxygen atoms in total. The molecule has 1 aromatic carbocycles. The number of carbonyl (C=O) groups is 1. The van der Waals surface area contributed by atoms with Gasteiger partial charge in [0.2, 0.25) is 0 Å². The third-order valence-electron chi connectivity index (χ3n) is 5.17. The lowest BCUT2D eigenvalue weighted by Gasteiger charge is -2.15. The topological polar surface area (TPSA) is 75.9 Å². The molecule has 0 unspecified atom stereocenters. The van der Waals surface area contributed by atoms with Crippen LogP contribution in [0, 0.1) is 0 Å². The number of halogens is 1. The van der Waals surface area contributed by atoms with Crippen molar-refractivity contribution in [1.82, 2.24) is 14.3 Å². The van der Waals surface area contributed by atoms with Crippen LogP contribution in [-0.4, -0.2) is 44.3 Å². The lowest BCUT2D eigenvalue weighted by Crippen LogP contribution is -2.27. The average molecular weight is 515 g/mol. The van der Waals surface area contributed by atoms with Crippen molar-refractivity contribution in [1.29, 1.82) is 0 Å². The number of fused-ring (bicyclic) bond motifs is 1. The molecule has 34 heavy (non-hydrogen) atoms. The van der Waals surface area contributed by atoms with E-state index in [-0.39, 0.29) is 18.0 Å². The Kier molecular flexibility index (Phi) is 7.99. The molecule has 1 amide bonds. The Balaban J connectivity index is 1.66. The number of thiocarbonyl (C=S) groups is 1. The molecule has 0 bridgehead atoms. The van der Waals surface area contributed by atoms with Gasteiger partial charge in [-0.05, 0) is 43.2 Å². The highest BCUT2D eigenvalue weighted by Gasteiger charge is 2.33. The number of hydrogen-bond donors (Lipinski definition) is 1. The smallest absolute Gasteiger partial charge is 0.267 e. The minimum atomic E-state index is -0.269. The zero-order valence-corrected chi connectivity index (χ0v) is 20.9. The highest BCUT2D eigenvalue weighted by molar-refractivity contribution is 8.26. The standard InChI is InChI=1S/C24H23ClN4O3S2/c1-2-32-13-7-11-26-21-17(22(30)28-12-6-5-10-20(28)27-21)14-19-23(31)29(24(33)34-19)15-16-8-3-4-9-18(16)25/h3-6,8-10,12,14,26H,2,7,11,13,15H2,1H3. The van der Waals surface area contributed by atoms with Gasteiger partial charge >= 0.3 is 0 Å². The summed E-state index contributed by atoms with van der Waals surface area (Å²) in [7, 11) is 0. The van der Waals surface area contributed by atoms with E-state index in [0.29, 0.717) is 51.0 Å². The van der Waals surface area contributed by atoms with Crippen LogP contribution in [0.2, 0.25) is 5.02 Å². The molecule has 1 N–H and O–H groups in total. The fraction of sp³-hybridized carbons (Fsp3) is 0.250. The second kappa shape index (κ2) is 11.1. The number of carbonyl (C=O) groups excluding carboxylic acids is 1. The molecule has 0 radical (unpaired) electrons. The van der Waals surface area contributed by atoms with E-state index in [1.54, 1.807) is 30.5 Å². The molecule has 3 aromatic rings. The van der Waals surface area contributed by atoms with Crippen molar-refractivity contribution in [2.75, 3.05) is 25.1 Å². The second-order valence-corrected chi connectivity index (χ2v) is 9.53. The lowest BCUT2D eigenvalue weighted by atomic mass is 10.2. The molecule has 0 saturated carbocycles. The first-order chi connectivity index (χ1) is 16.5. The Morgan fingerprint density at radius 3 is 2.79 bits per heavy atom. The van der Waals surface area contributed by atoms with E-state index in [9.17, 15) is 9.59 Å². The summed E-state index contributed by atoms with van der Waals surface area (Å²) >= 11 is 12.9. The zero-order chi connectivity index (χ0) is 24.1. The molecule has 3 heterocycles. The average Bonchev–Trinajstić information content (AvgIpc) is 3.10. The van der Waals surface area contributed by atoms with Gasteiger partial charge < -0.3 is 10.1 Å². The molecular weight excluding hydrogens is 492 g/mol. The largest absolute Gasteiger partial charge is 0.382 e. The third kappa shape index (κ3) is 5.33. The van der Waals surface area contributed by atoms with Crippen molar-refractivity contribution in [2.45, 2.75) is 19.9 Å². The van der Waals surface area contributed by atoms with E-state index >= 15 is 0 Å². The van der Waals surface area contributed by atoms with Gasteiger partial charge in [-0.25, -0.2) is 4.98 Å². The second-order valence-electron chi connectivity index (χ2n) is 7.44. The van der Waals surface area contributed by atoms with E-state index in [1.165, 1.54) is 9.30 Å². The summed E-state index contributed by atoms with van der Waals surface area (Å²) < 4.78 is 7.26. The summed E-state index contributed by atoms with van der Waals surface area (Å²) in [5.74, 6) is 0.152. The van der Waals surface area contributed by atoms with E-state index < -0.39 is 0 Å². The third-order valence-corrected chi connectivity index (χ3v) is 6.91. The van der Waals surface area contributed by atoms with Crippen LogP contribution in [0.25, 0.3) is 11.7 Å². The number of anilines is 1. The summed E-state index contributed by atoms with van der Waals surface area (Å²) in [4.78, 5) is 33.0. The number of amides is 1. The van der Waals surface area contributed by atoms with Crippen molar-refractivity contribution in [3.8, 4) is 0 Å². The molecule has 4 rings (SSSR count). The first-order valence-corrected chi connectivity index (χ1v) is 12.4. The van der Waals surface area contributed by atoms with Gasteiger partial charge in [0.25, 0.3) is 11.5 Å². The molecule has 10 heteroatoms. The molecule has 1 aliphatic heterocycles. The van der Waals surface area contributed by atoms with Gasteiger partial charge in [0.15, 0.2) is 0 Å². The van der Waals surface area contributed by atoms with Crippen molar-refractivity contribution in [2.24, 2.45) is 0 Å². The van der Waals surface area contributed by atoms with Crippen LogP contribution in [0.3, 0.4) is 0 Å². The molecule has 1 aliphatic rings. The van der Waals surface area contributed by atoms with E-state index in [4.69, 9.17) is 28.6 Å². The SMILES string of the molecule is CCOCCCNc1nc2ccccn2c(=O)c1C=C1SC(=S)N(Cc2ccccc2Cl)C1=O. The van der Waals surface area contributed by atoms with Crippen LogP contribution >= 0.6 is 35.6 Å². The summed E-state index contributed by atoms with van der Waals surface area (Å²) in [5, 5.41) is 3.80. The first kappa shape index (κ1) is 24.4. The van der Waals surface area contributed by atoms with Crippen LogP contribution in [-0.2, 0) is 16.1 Å². The quantitative estimate of drug-likeness (QED) is 0.254. The van der Waals surface area contributed by atoms with Gasteiger partial charge in [-0.1, -0.05) is 59.8 Å². The predicted octanol–water partition coefficient (Wildman–Crippen LogP) is 4.59. The molecular formula is C24H23ClN4O3S2. The van der Waals surface area contributed by atoms with Crippen LogP contribution < -0.4 is 10.9 Å². The number of pyridine rings is 1. The van der Waals surface area contributed by atoms with Gasteiger partial charge in [0, 0.05) is 31.0 Å². The van der Waals surface area contributed by atoms with Crippen molar-refractivity contribution in [3.63, 3.8) is 0 Å². The van der Waals surface area contributed by atoms with Crippen LogP contribution in [0.15, 0.2) is 58.4 Å². The molecule has 0 spiro atoms. The fourth-order valence-electron chi connectivity index (χ4n) is 3.46. The van der Waals surface area contributed by atoms with Crippen LogP contribution in [0.5, 0.6) is 0 Å². The number of nitrogens with zero attached hydrogens (tertiary/aromatic N) is 3. The Bertz CT molecular complexity index is 1330. The minimum absolute atomic E-state index is 0.263. The number of benzene rings is 1. The molecule has 1 fully saturated rings. The van der Waals surface area contributed by atoms with E-state index in [1.807, 2.05) is 31.2 Å². The number of thioether (sulfide) groups is 1. The maximum atomic E-state index is 13.3. The normalized spacial score (nSPS) is 15.0. The van der Waals surface area contributed by atoms with Crippen molar-refractivity contribution >= 4 is 63.3 Å². The van der Waals surface area contributed by atoms with Crippen LogP contribution in [0.1, 0.15) is 24.5 Å². The monoisotopic (exact) mass is 514 g/mol. The van der Waals surface area contributed by atoms with Gasteiger partial charge in [0.1, 0.15) is 15.8 Å². The van der Waals surface area contributed by atoms with Gasteiger partial charge in [-0.2, -0.15) is 0 Å². The van der Waals surface area contributed by atoms with Gasteiger partial charge in [0.05, 0.1) is 17.0 Å². The summed E-state index contributed by atoms with van der Waals surface area (Å²) in [6.45, 7) is 4.03. The maximum Gasteiger partial charge on any atom is 0.267 e. The molecule has 1 saturated heterocycles. The number of ether oxygens (including phenoxy) is 1. The van der Waals surface area contributed by atoms with Gasteiger partial charge in [-0.3, -0.25) is 18.9 Å². The van der Waals surface area contributed by atoms with E-state index in [0.717, 1.165) is 23.7 Å². The molecule has 176 valence electrons. The van der Waals surface area contributed by atoms with Crippen LogP contribution in [0.4, 0.5) is 5.82 Å². The first-order valence-electron chi connectivity index (χ1n) is 10.8. The Morgan fingerprint density at radius 1 is 1.21 bits per heavy atom. The van der Waals surface area contributed by atoms with E-state index in [2.05, 4.69) is 10.3 Å². The number of hydrogen-bond acceptors (Lipinski definition) is 7. The predicted molar refractivity (Wildman–Crippen MR) is 141 cm³/mol. The summed E-state index contributed by atoms with van der Waals surface area (Å²) in [6, 6.07) is 12.7. The Hall–Kier alpha value is -2.72. The van der Waals surface area contributed by atoms with Crippen molar-refractivity contribution in [3.05, 3.63) is 80.1 Å². The summed E-state index contributed by atoms with van der Waals surface area (Å²) in [6.07, 6.45) is 3.98. The van der Waals surface area contributed by atoms with Crippen molar-refractivity contribution < 1.29 is 9.53 Å². The summed E-state index contributed by atoms with van der Waals surface area (Å²) in [5.41, 5.74) is 1.35. The zero-order valence-electron chi connectivity index (χ0n) is 18.5. The Morgan fingerprint density at radius 2 is 2.00 bits per heavy atom. The number of nitrogens with one attached hydrogen (secondary N) is 1.